The van der Waals surface area contributed by atoms with E-state index in [4.69, 9.17) is 0 Å². The number of para-hydroxylation sites is 3. The van der Waals surface area contributed by atoms with E-state index in [-0.39, 0.29) is 0 Å². The van der Waals surface area contributed by atoms with Crippen molar-refractivity contribution < 1.29 is 0 Å². The van der Waals surface area contributed by atoms with Gasteiger partial charge in [-0.2, -0.15) is 0 Å². The predicted octanol–water partition coefficient (Wildman–Crippen LogP) is 16.8. The quantitative estimate of drug-likeness (QED) is 0.150. The molecular weight excluding hydrogens is 797 g/mol. The summed E-state index contributed by atoms with van der Waals surface area (Å²) in [6.45, 7) is 10.2. The maximum absolute atomic E-state index is 4.50. The minimum atomic E-state index is 0.970. The molecule has 2 aromatic heterocycles. The third-order valence-electron chi connectivity index (χ3n) is 11.6. The average Bonchev–Trinajstić information content (AvgIpc) is 3.67. The number of rotatable bonds is 7. The van der Waals surface area contributed by atoms with E-state index in [1.54, 1.807) is 6.33 Å². The number of anilines is 2. The number of benzene rings is 8. The monoisotopic (exact) mass is 846 g/mol. The second kappa shape index (κ2) is 18.9. The Hall–Kier alpha value is -7.47. The van der Waals surface area contributed by atoms with Gasteiger partial charge < -0.3 is 9.47 Å². The van der Waals surface area contributed by atoms with Crippen molar-refractivity contribution in [3.8, 4) is 33.5 Å². The van der Waals surface area contributed by atoms with Crippen molar-refractivity contribution >= 4 is 66.6 Å². The van der Waals surface area contributed by atoms with Gasteiger partial charge in [-0.3, -0.25) is 0 Å². The zero-order valence-corrected chi connectivity index (χ0v) is 37.6. The van der Waals surface area contributed by atoms with E-state index in [0.717, 1.165) is 34.3 Å². The molecule has 0 fully saturated rings. The zero-order valence-electron chi connectivity index (χ0n) is 36.7. The van der Waals surface area contributed by atoms with Crippen molar-refractivity contribution in [2.75, 3.05) is 4.90 Å². The maximum Gasteiger partial charge on any atom is 0.116 e. The smallest absolute Gasteiger partial charge is 0.116 e. The first-order chi connectivity index (χ1) is 31.6. The van der Waals surface area contributed by atoms with Crippen LogP contribution in [-0.2, 0) is 7.05 Å². The maximum atomic E-state index is 4.50. The fraction of sp³-hybridized carbons (Fsp3) is 0.0847. The van der Waals surface area contributed by atoms with Crippen LogP contribution < -0.4 is 4.90 Å². The van der Waals surface area contributed by atoms with E-state index in [2.05, 4.69) is 210 Å². The largest absolute Gasteiger partial charge is 0.343 e. The van der Waals surface area contributed by atoms with Crippen molar-refractivity contribution in [3.05, 3.63) is 219 Å². The first-order valence-corrected chi connectivity index (χ1v) is 22.9. The fourth-order valence-electron chi connectivity index (χ4n) is 8.76. The third-order valence-corrected chi connectivity index (χ3v) is 12.7. The lowest BCUT2D eigenvalue weighted by Crippen LogP contribution is -2.19. The summed E-state index contributed by atoms with van der Waals surface area (Å²) in [5, 5.41) is 6.28. The van der Waals surface area contributed by atoms with Gasteiger partial charge in [0.2, 0.25) is 0 Å². The molecule has 0 spiro atoms. The molecule has 0 saturated heterocycles. The lowest BCUT2D eigenvalue weighted by atomic mass is 9.99. The van der Waals surface area contributed by atoms with Crippen LogP contribution in [0.4, 0.5) is 11.4 Å². The summed E-state index contributed by atoms with van der Waals surface area (Å²) in [5.41, 5.74) is 14.0. The molecule has 1 aliphatic heterocycles. The van der Waals surface area contributed by atoms with Crippen molar-refractivity contribution in [3.63, 3.8) is 0 Å². The van der Waals surface area contributed by atoms with Crippen LogP contribution in [0.15, 0.2) is 229 Å². The van der Waals surface area contributed by atoms with E-state index < -0.39 is 0 Å². The normalized spacial score (nSPS) is 12.1. The molecule has 8 aromatic carbocycles. The molecule has 64 heavy (non-hydrogen) atoms. The molecule has 10 aromatic rings. The van der Waals surface area contributed by atoms with Gasteiger partial charge in [0.25, 0.3) is 0 Å². The number of fused-ring (bicyclic) bond motifs is 8. The van der Waals surface area contributed by atoms with Gasteiger partial charge in [0.15, 0.2) is 0 Å². The highest BCUT2D eigenvalue weighted by molar-refractivity contribution is 7.99. The molecule has 0 unspecified atom stereocenters. The van der Waals surface area contributed by atoms with Gasteiger partial charge in [-0.25, -0.2) is 9.97 Å². The molecule has 0 radical (unpaired) electrons. The highest BCUT2D eigenvalue weighted by atomic mass is 32.2. The van der Waals surface area contributed by atoms with Gasteiger partial charge in [0.05, 0.1) is 28.1 Å². The zero-order chi connectivity index (χ0) is 44.0. The van der Waals surface area contributed by atoms with Crippen LogP contribution in [-0.4, -0.2) is 14.5 Å². The molecule has 1 aliphatic rings. The molecule has 312 valence electrons. The van der Waals surface area contributed by atoms with E-state index in [1.807, 2.05) is 56.0 Å². The Morgan fingerprint density at radius 3 is 2.16 bits per heavy atom. The van der Waals surface area contributed by atoms with Gasteiger partial charge in [-0.15, -0.1) is 0 Å². The summed E-state index contributed by atoms with van der Waals surface area (Å²) >= 11 is 1.85. The molecule has 11 rings (SSSR count). The fourth-order valence-corrected chi connectivity index (χ4v) is 9.86. The van der Waals surface area contributed by atoms with E-state index in [0.29, 0.717) is 0 Å². The van der Waals surface area contributed by atoms with Crippen molar-refractivity contribution in [2.45, 2.75) is 37.0 Å². The highest BCUT2D eigenvalue weighted by Gasteiger charge is 2.26. The Bertz CT molecular complexity index is 3350. The Kier molecular flexibility index (Phi) is 12.3. The molecule has 5 heteroatoms. The second-order valence-corrected chi connectivity index (χ2v) is 16.4. The van der Waals surface area contributed by atoms with Crippen LogP contribution in [0, 0.1) is 0 Å². The van der Waals surface area contributed by atoms with Crippen LogP contribution in [0.25, 0.3) is 77.0 Å². The molecule has 0 amide bonds. The SMILES string of the molecule is C=C/C=C(\C=C/CC)N1c2ccccc2Sc2cc(-c3cccc4c5c6ccccc6ccc5n(C)c34)ccc21.CC.c1ccc(-c2cccc(-c3ncnc4ccccc34)c2)cc1. The van der Waals surface area contributed by atoms with Gasteiger partial charge in [0.1, 0.15) is 6.33 Å². The minimum absolute atomic E-state index is 0.970. The Labute approximate surface area is 380 Å². The van der Waals surface area contributed by atoms with Crippen LogP contribution in [0.1, 0.15) is 27.2 Å². The summed E-state index contributed by atoms with van der Waals surface area (Å²) in [6, 6.07) is 62.5. The number of aryl methyl sites for hydroxylation is 1. The summed E-state index contributed by atoms with van der Waals surface area (Å²) in [5.74, 6) is 0. The predicted molar refractivity (Wildman–Crippen MR) is 276 cm³/mol. The van der Waals surface area contributed by atoms with Gasteiger partial charge in [0, 0.05) is 55.3 Å². The molecule has 0 atom stereocenters. The molecule has 3 heterocycles. The first kappa shape index (κ1) is 41.9. The molecule has 0 bridgehead atoms. The van der Waals surface area contributed by atoms with Gasteiger partial charge in [-0.05, 0) is 88.5 Å². The Morgan fingerprint density at radius 1 is 0.609 bits per heavy atom. The van der Waals surface area contributed by atoms with E-state index >= 15 is 0 Å². The first-order valence-electron chi connectivity index (χ1n) is 22.1. The van der Waals surface area contributed by atoms with Crippen molar-refractivity contribution in [1.82, 2.24) is 14.5 Å². The van der Waals surface area contributed by atoms with Crippen LogP contribution >= 0.6 is 11.8 Å². The molecular formula is C59H50N4S. The van der Waals surface area contributed by atoms with E-state index in [9.17, 15) is 0 Å². The van der Waals surface area contributed by atoms with Crippen molar-refractivity contribution in [1.29, 1.82) is 0 Å². The summed E-state index contributed by atoms with van der Waals surface area (Å²) in [4.78, 5) is 13.7. The van der Waals surface area contributed by atoms with Crippen LogP contribution in [0.3, 0.4) is 0 Å². The number of hydrogen-bond donors (Lipinski definition) is 0. The molecule has 0 N–H and O–H groups in total. The van der Waals surface area contributed by atoms with Gasteiger partial charge >= 0.3 is 0 Å². The highest BCUT2D eigenvalue weighted by Crippen LogP contribution is 2.51. The lowest BCUT2D eigenvalue weighted by molar-refractivity contribution is 1.02. The standard InChI is InChI=1S/C37H30N2S.C20H14N2.C2H6/c1-4-6-14-27(12-5-2)39-31-18-9-10-19-34(31)40-35-24-26(21-22-32(35)39)29-16-11-17-30-36-28-15-8-7-13-25(28)20-23-33(36)38(3)37(29)30;1-2-7-15(8-3-1)16-9-6-10-17(13-16)20-18-11-4-5-12-19(18)21-14-22-20;1-2/h5-24H,2,4H2,1,3H3;1-14H;1-2H3/b14-6-,27-12+;;. The van der Waals surface area contributed by atoms with Crippen LogP contribution in [0.2, 0.25) is 0 Å². The second-order valence-electron chi connectivity index (χ2n) is 15.4. The van der Waals surface area contributed by atoms with Crippen LogP contribution in [0.5, 0.6) is 0 Å². The number of aromatic nitrogens is 3. The number of nitrogens with zero attached hydrogens (tertiary/aromatic N) is 4. The Balaban J connectivity index is 0.000000182. The number of allylic oxidation sites excluding steroid dienone is 4. The number of hydrogen-bond acceptors (Lipinski definition) is 4. The van der Waals surface area contributed by atoms with Gasteiger partial charge in [-0.1, -0.05) is 185 Å². The third kappa shape index (κ3) is 7.91. The molecule has 0 aliphatic carbocycles. The topological polar surface area (TPSA) is 34.0 Å². The summed E-state index contributed by atoms with van der Waals surface area (Å²) in [6.07, 6.45) is 11.0. The summed E-state index contributed by atoms with van der Waals surface area (Å²) < 4.78 is 2.36. The molecule has 0 saturated carbocycles. The van der Waals surface area contributed by atoms with Crippen molar-refractivity contribution in [2.24, 2.45) is 7.05 Å². The average molecular weight is 847 g/mol. The summed E-state index contributed by atoms with van der Waals surface area (Å²) in [7, 11) is 2.19. The minimum Gasteiger partial charge on any atom is -0.343 e. The Morgan fingerprint density at radius 2 is 1.31 bits per heavy atom. The van der Waals surface area contributed by atoms with E-state index in [1.165, 1.54) is 76.0 Å². The molecule has 4 nitrogen and oxygen atoms in total. The lowest BCUT2D eigenvalue weighted by Gasteiger charge is -2.34.